The molecule has 0 bridgehead atoms. The predicted molar refractivity (Wildman–Crippen MR) is 68.3 cm³/mol. The lowest BCUT2D eigenvalue weighted by Gasteiger charge is -2.05. The first-order valence-electron chi connectivity index (χ1n) is 5.27. The molecule has 0 saturated carbocycles. The van der Waals surface area contributed by atoms with Crippen LogP contribution in [0.15, 0.2) is 40.2 Å². The molecule has 0 aliphatic carbocycles. The van der Waals surface area contributed by atoms with Crippen LogP contribution in [0.2, 0.25) is 0 Å². The molecule has 4 nitrogen and oxygen atoms in total. The Morgan fingerprint density at radius 1 is 1.47 bits per heavy atom. The molecule has 0 atom stereocenters. The molecular weight excluding hydrogens is 236 g/mol. The van der Waals surface area contributed by atoms with Gasteiger partial charge >= 0.3 is 0 Å². The van der Waals surface area contributed by atoms with Gasteiger partial charge in [-0.15, -0.1) is 0 Å². The third-order valence-corrected chi connectivity index (χ3v) is 2.84. The molecule has 0 saturated heterocycles. The van der Waals surface area contributed by atoms with Crippen LogP contribution in [-0.4, -0.2) is 17.3 Å². The maximum Gasteiger partial charge on any atom is 0.255 e. The van der Waals surface area contributed by atoms with Crippen molar-refractivity contribution in [2.75, 3.05) is 18.1 Å². The largest absolute Gasteiger partial charge is 0.493 e. The van der Waals surface area contributed by atoms with Gasteiger partial charge in [-0.1, -0.05) is 17.8 Å². The van der Waals surface area contributed by atoms with Crippen LogP contribution in [-0.2, 0) is 0 Å². The van der Waals surface area contributed by atoms with Crippen molar-refractivity contribution in [2.24, 2.45) is 0 Å². The van der Waals surface area contributed by atoms with Crippen LogP contribution < -0.4 is 10.5 Å². The van der Waals surface area contributed by atoms with Crippen molar-refractivity contribution >= 4 is 17.4 Å². The highest BCUT2D eigenvalue weighted by Crippen LogP contribution is 2.18. The summed E-state index contributed by atoms with van der Waals surface area (Å²) in [5.41, 5.74) is 7.25. The standard InChI is InChI=1S/C12H14N2O2S/c1-9-8-16-12(14-9)17-6-5-15-11-4-2-3-10(13)7-11/h2-4,7-8H,5-6,13H2,1H3. The third-order valence-electron chi connectivity index (χ3n) is 2.03. The van der Waals surface area contributed by atoms with E-state index in [1.54, 1.807) is 12.3 Å². The number of thioether (sulfide) groups is 1. The fraction of sp³-hybridized carbons (Fsp3) is 0.250. The van der Waals surface area contributed by atoms with Crippen LogP contribution in [0.3, 0.4) is 0 Å². The van der Waals surface area contributed by atoms with Gasteiger partial charge < -0.3 is 14.9 Å². The Morgan fingerprint density at radius 2 is 2.35 bits per heavy atom. The number of nitrogen functional groups attached to an aromatic ring is 1. The average molecular weight is 250 g/mol. The van der Waals surface area contributed by atoms with Gasteiger partial charge in [-0.25, -0.2) is 4.98 Å². The summed E-state index contributed by atoms with van der Waals surface area (Å²) in [4.78, 5) is 4.19. The fourth-order valence-electron chi connectivity index (χ4n) is 1.29. The highest BCUT2D eigenvalue weighted by molar-refractivity contribution is 7.99. The van der Waals surface area contributed by atoms with E-state index >= 15 is 0 Å². The van der Waals surface area contributed by atoms with E-state index in [1.807, 2.05) is 25.1 Å². The summed E-state index contributed by atoms with van der Waals surface area (Å²) in [7, 11) is 0. The normalized spacial score (nSPS) is 10.4. The number of ether oxygens (including phenoxy) is 1. The number of aromatic nitrogens is 1. The van der Waals surface area contributed by atoms with E-state index in [-0.39, 0.29) is 0 Å². The van der Waals surface area contributed by atoms with E-state index in [0.717, 1.165) is 17.2 Å². The Bertz CT molecular complexity index is 485. The van der Waals surface area contributed by atoms with Crippen LogP contribution in [0.1, 0.15) is 5.69 Å². The monoisotopic (exact) mass is 250 g/mol. The van der Waals surface area contributed by atoms with Gasteiger partial charge in [0, 0.05) is 17.5 Å². The Labute approximate surface area is 104 Å². The Hall–Kier alpha value is -1.62. The van der Waals surface area contributed by atoms with E-state index in [9.17, 15) is 0 Å². The Balaban J connectivity index is 1.73. The minimum Gasteiger partial charge on any atom is -0.493 e. The molecule has 0 spiro atoms. The number of rotatable bonds is 5. The average Bonchev–Trinajstić information content (AvgIpc) is 2.71. The SMILES string of the molecule is Cc1coc(SCCOc2cccc(N)c2)n1. The number of hydrogen-bond donors (Lipinski definition) is 1. The number of benzene rings is 1. The number of nitrogens with two attached hydrogens (primary N) is 1. The maximum atomic E-state index is 5.65. The second kappa shape index (κ2) is 5.63. The number of anilines is 1. The van der Waals surface area contributed by atoms with Crippen LogP contribution >= 0.6 is 11.8 Å². The molecule has 2 aromatic rings. The first kappa shape index (κ1) is 11.9. The van der Waals surface area contributed by atoms with Crippen molar-refractivity contribution in [3.05, 3.63) is 36.2 Å². The summed E-state index contributed by atoms with van der Waals surface area (Å²) in [5.74, 6) is 1.57. The van der Waals surface area contributed by atoms with Crippen LogP contribution in [0.25, 0.3) is 0 Å². The molecule has 0 fully saturated rings. The number of aryl methyl sites for hydroxylation is 1. The molecule has 2 N–H and O–H groups in total. The van der Waals surface area contributed by atoms with Crippen molar-refractivity contribution in [3.8, 4) is 5.75 Å². The van der Waals surface area contributed by atoms with Crippen LogP contribution in [0.4, 0.5) is 5.69 Å². The molecule has 0 unspecified atom stereocenters. The third kappa shape index (κ3) is 3.71. The minimum atomic E-state index is 0.593. The van der Waals surface area contributed by atoms with Crippen molar-refractivity contribution in [2.45, 2.75) is 12.1 Å². The summed E-state index contributed by atoms with van der Waals surface area (Å²) in [6.07, 6.45) is 1.64. The van der Waals surface area contributed by atoms with Gasteiger partial charge in [-0.2, -0.15) is 0 Å². The van der Waals surface area contributed by atoms with Crippen molar-refractivity contribution in [3.63, 3.8) is 0 Å². The van der Waals surface area contributed by atoms with Crippen LogP contribution in [0.5, 0.6) is 5.75 Å². The van der Waals surface area contributed by atoms with E-state index in [1.165, 1.54) is 11.8 Å². The molecular formula is C12H14N2O2S. The second-order valence-corrected chi connectivity index (χ2v) is 4.57. The van der Waals surface area contributed by atoms with E-state index in [4.69, 9.17) is 14.9 Å². The molecule has 0 aliphatic rings. The predicted octanol–water partition coefficient (Wildman–Crippen LogP) is 2.74. The topological polar surface area (TPSA) is 61.3 Å². The Morgan fingerprint density at radius 3 is 3.06 bits per heavy atom. The summed E-state index contributed by atoms with van der Waals surface area (Å²) >= 11 is 1.53. The van der Waals surface area contributed by atoms with Gasteiger partial charge in [-0.05, 0) is 19.1 Å². The van der Waals surface area contributed by atoms with Gasteiger partial charge in [0.15, 0.2) is 0 Å². The summed E-state index contributed by atoms with van der Waals surface area (Å²) in [6, 6.07) is 7.39. The molecule has 1 aromatic carbocycles. The first-order valence-corrected chi connectivity index (χ1v) is 6.26. The molecule has 17 heavy (non-hydrogen) atoms. The summed E-state index contributed by atoms with van der Waals surface area (Å²) in [5, 5.41) is 0.679. The van der Waals surface area contributed by atoms with Crippen molar-refractivity contribution in [1.29, 1.82) is 0 Å². The summed E-state index contributed by atoms with van der Waals surface area (Å²) in [6.45, 7) is 2.49. The molecule has 0 radical (unpaired) electrons. The van der Waals surface area contributed by atoms with Crippen molar-refractivity contribution < 1.29 is 9.15 Å². The lowest BCUT2D eigenvalue weighted by atomic mass is 10.3. The minimum absolute atomic E-state index is 0.593. The first-order chi connectivity index (χ1) is 8.24. The van der Waals surface area contributed by atoms with Gasteiger partial charge in [-0.3, -0.25) is 0 Å². The van der Waals surface area contributed by atoms with E-state index in [0.29, 0.717) is 17.5 Å². The quantitative estimate of drug-likeness (QED) is 0.502. The lowest BCUT2D eigenvalue weighted by Crippen LogP contribution is -2.00. The van der Waals surface area contributed by atoms with Crippen LogP contribution in [0, 0.1) is 6.92 Å². The van der Waals surface area contributed by atoms with E-state index in [2.05, 4.69) is 4.98 Å². The highest BCUT2D eigenvalue weighted by Gasteiger charge is 2.01. The zero-order valence-electron chi connectivity index (χ0n) is 9.55. The number of hydrogen-bond acceptors (Lipinski definition) is 5. The molecule has 1 heterocycles. The van der Waals surface area contributed by atoms with Crippen molar-refractivity contribution in [1.82, 2.24) is 4.98 Å². The molecule has 1 aromatic heterocycles. The van der Waals surface area contributed by atoms with Gasteiger partial charge in [0.05, 0.1) is 12.3 Å². The highest BCUT2D eigenvalue weighted by atomic mass is 32.2. The molecule has 5 heteroatoms. The van der Waals surface area contributed by atoms with Gasteiger partial charge in [0.25, 0.3) is 5.22 Å². The Kier molecular flexibility index (Phi) is 3.93. The number of oxazole rings is 1. The number of nitrogens with zero attached hydrogens (tertiary/aromatic N) is 1. The fourth-order valence-corrected chi connectivity index (χ4v) is 1.96. The molecule has 0 aliphatic heterocycles. The maximum absolute atomic E-state index is 5.65. The molecule has 2 rings (SSSR count). The zero-order valence-corrected chi connectivity index (χ0v) is 10.4. The molecule has 0 amide bonds. The van der Waals surface area contributed by atoms with Gasteiger partial charge in [0.1, 0.15) is 12.0 Å². The smallest absolute Gasteiger partial charge is 0.255 e. The zero-order chi connectivity index (χ0) is 12.1. The second-order valence-electron chi connectivity index (χ2n) is 3.52. The van der Waals surface area contributed by atoms with E-state index < -0.39 is 0 Å². The lowest BCUT2D eigenvalue weighted by molar-refractivity contribution is 0.343. The van der Waals surface area contributed by atoms with Gasteiger partial charge in [0.2, 0.25) is 0 Å². The molecule has 90 valence electrons. The summed E-state index contributed by atoms with van der Waals surface area (Å²) < 4.78 is 10.8.